The van der Waals surface area contributed by atoms with Crippen molar-refractivity contribution in [1.29, 1.82) is 0 Å². The highest BCUT2D eigenvalue weighted by atomic mass is 35.5. The van der Waals surface area contributed by atoms with Gasteiger partial charge in [0.2, 0.25) is 0 Å². The molecular formula is C7H8ClNO. The molecule has 0 aromatic carbocycles. The lowest BCUT2D eigenvalue weighted by molar-refractivity contribution is 0.202. The molecular weight excluding hydrogens is 150 g/mol. The summed E-state index contributed by atoms with van der Waals surface area (Å²) < 4.78 is 0. The van der Waals surface area contributed by atoms with E-state index in [1.54, 1.807) is 24.5 Å². The number of aromatic nitrogens is 1. The summed E-state index contributed by atoms with van der Waals surface area (Å²) in [5, 5.41) is 9.17. The number of aliphatic hydroxyl groups excluding tert-OH is 1. The highest BCUT2D eigenvalue weighted by Gasteiger charge is 2.02. The van der Waals surface area contributed by atoms with Crippen LogP contribution in [0.2, 0.25) is 0 Å². The van der Waals surface area contributed by atoms with Crippen molar-refractivity contribution in [3.05, 3.63) is 30.1 Å². The molecule has 0 saturated carbocycles. The fraction of sp³-hybridized carbons (Fsp3) is 0.286. The van der Waals surface area contributed by atoms with Crippen LogP contribution in [0.25, 0.3) is 0 Å². The molecule has 1 atom stereocenters. The topological polar surface area (TPSA) is 33.1 Å². The van der Waals surface area contributed by atoms with Crippen LogP contribution in [0.5, 0.6) is 0 Å². The van der Waals surface area contributed by atoms with Gasteiger partial charge in [-0.2, -0.15) is 0 Å². The second kappa shape index (κ2) is 3.54. The average molecular weight is 158 g/mol. The fourth-order valence-electron chi connectivity index (χ4n) is 0.675. The molecule has 0 aliphatic heterocycles. The van der Waals surface area contributed by atoms with Gasteiger partial charge < -0.3 is 5.11 Å². The van der Waals surface area contributed by atoms with Gasteiger partial charge in [-0.1, -0.05) is 0 Å². The number of hydrogen-bond donors (Lipinski definition) is 1. The van der Waals surface area contributed by atoms with Crippen molar-refractivity contribution in [2.45, 2.75) is 6.10 Å². The summed E-state index contributed by atoms with van der Waals surface area (Å²) in [7, 11) is 0. The second-order valence-electron chi connectivity index (χ2n) is 1.95. The largest absolute Gasteiger partial charge is 0.387 e. The minimum Gasteiger partial charge on any atom is -0.387 e. The summed E-state index contributed by atoms with van der Waals surface area (Å²) in [6.07, 6.45) is 2.69. The van der Waals surface area contributed by atoms with Crippen LogP contribution in [0.3, 0.4) is 0 Å². The zero-order chi connectivity index (χ0) is 7.40. The van der Waals surface area contributed by atoms with Crippen LogP contribution >= 0.6 is 11.6 Å². The van der Waals surface area contributed by atoms with E-state index < -0.39 is 6.10 Å². The Labute approximate surface area is 64.5 Å². The van der Waals surface area contributed by atoms with Crippen molar-refractivity contribution >= 4 is 11.6 Å². The molecule has 0 fully saturated rings. The molecule has 0 bridgehead atoms. The van der Waals surface area contributed by atoms with Crippen molar-refractivity contribution in [2.24, 2.45) is 0 Å². The van der Waals surface area contributed by atoms with Crippen LogP contribution in [0.4, 0.5) is 0 Å². The Morgan fingerprint density at radius 1 is 1.50 bits per heavy atom. The quantitative estimate of drug-likeness (QED) is 0.658. The maximum absolute atomic E-state index is 9.17. The average Bonchev–Trinajstić information content (AvgIpc) is 2.05. The molecule has 0 spiro atoms. The van der Waals surface area contributed by atoms with Crippen molar-refractivity contribution in [3.8, 4) is 0 Å². The first-order valence-electron chi connectivity index (χ1n) is 2.98. The van der Waals surface area contributed by atoms with Gasteiger partial charge in [-0.25, -0.2) is 0 Å². The summed E-state index contributed by atoms with van der Waals surface area (Å²) in [5.74, 6) is 0.226. The lowest BCUT2D eigenvalue weighted by Gasteiger charge is -2.04. The van der Waals surface area contributed by atoms with Crippen LogP contribution in [0.1, 0.15) is 11.7 Å². The Bertz CT molecular complexity index is 190. The van der Waals surface area contributed by atoms with E-state index >= 15 is 0 Å². The molecule has 1 aromatic heterocycles. The van der Waals surface area contributed by atoms with Crippen LogP contribution in [0.15, 0.2) is 24.5 Å². The molecule has 1 rings (SSSR count). The van der Waals surface area contributed by atoms with Gasteiger partial charge in [-0.05, 0) is 17.7 Å². The Kier molecular flexibility index (Phi) is 2.66. The predicted molar refractivity (Wildman–Crippen MR) is 39.9 cm³/mol. The number of halogens is 1. The number of rotatable bonds is 2. The highest BCUT2D eigenvalue weighted by Crippen LogP contribution is 2.11. The van der Waals surface area contributed by atoms with Crippen molar-refractivity contribution in [1.82, 2.24) is 4.98 Å². The van der Waals surface area contributed by atoms with Gasteiger partial charge in [0.1, 0.15) is 0 Å². The summed E-state index contributed by atoms with van der Waals surface area (Å²) in [4.78, 5) is 3.81. The minimum atomic E-state index is -0.565. The third-order valence-electron chi connectivity index (χ3n) is 1.24. The highest BCUT2D eigenvalue weighted by molar-refractivity contribution is 6.18. The SMILES string of the molecule is OC(CCl)c1ccncc1. The molecule has 54 valence electrons. The molecule has 1 heterocycles. The maximum atomic E-state index is 9.17. The molecule has 2 nitrogen and oxygen atoms in total. The Balaban J connectivity index is 2.75. The molecule has 1 unspecified atom stereocenters. The third-order valence-corrected chi connectivity index (χ3v) is 1.53. The minimum absolute atomic E-state index is 0.226. The summed E-state index contributed by atoms with van der Waals surface area (Å²) in [6.45, 7) is 0. The molecule has 0 aliphatic carbocycles. The van der Waals surface area contributed by atoms with Crippen molar-refractivity contribution in [3.63, 3.8) is 0 Å². The van der Waals surface area contributed by atoms with Gasteiger partial charge in [0.15, 0.2) is 0 Å². The summed E-state index contributed by atoms with van der Waals surface area (Å²) >= 11 is 5.42. The van der Waals surface area contributed by atoms with Crippen LogP contribution < -0.4 is 0 Å². The van der Waals surface area contributed by atoms with Gasteiger partial charge in [-0.15, -0.1) is 11.6 Å². The molecule has 1 aromatic rings. The first-order chi connectivity index (χ1) is 4.84. The van der Waals surface area contributed by atoms with Crippen molar-refractivity contribution < 1.29 is 5.11 Å². The van der Waals surface area contributed by atoms with E-state index in [1.165, 1.54) is 0 Å². The number of nitrogens with zero attached hydrogens (tertiary/aromatic N) is 1. The van der Waals surface area contributed by atoms with E-state index in [2.05, 4.69) is 4.98 Å². The van der Waals surface area contributed by atoms with Gasteiger partial charge >= 0.3 is 0 Å². The standard InChI is InChI=1S/C7H8ClNO/c8-5-7(10)6-1-3-9-4-2-6/h1-4,7,10H,5H2. The fourth-order valence-corrected chi connectivity index (χ4v) is 0.853. The summed E-state index contributed by atoms with van der Waals surface area (Å²) in [6, 6.07) is 3.49. The molecule has 1 N–H and O–H groups in total. The van der Waals surface area contributed by atoms with Gasteiger partial charge in [0, 0.05) is 12.4 Å². The smallest absolute Gasteiger partial charge is 0.0926 e. The van der Waals surface area contributed by atoms with E-state index in [0.29, 0.717) is 0 Å². The van der Waals surface area contributed by atoms with Gasteiger partial charge in [0.25, 0.3) is 0 Å². The Morgan fingerprint density at radius 2 is 2.10 bits per heavy atom. The number of aliphatic hydroxyl groups is 1. The predicted octanol–water partition coefficient (Wildman–Crippen LogP) is 1.35. The maximum Gasteiger partial charge on any atom is 0.0926 e. The summed E-state index contributed by atoms with van der Waals surface area (Å²) in [5.41, 5.74) is 0.810. The first-order valence-corrected chi connectivity index (χ1v) is 3.52. The normalized spacial score (nSPS) is 13.0. The number of alkyl halides is 1. The molecule has 10 heavy (non-hydrogen) atoms. The van der Waals surface area contributed by atoms with Crippen LogP contribution in [0, 0.1) is 0 Å². The lowest BCUT2D eigenvalue weighted by atomic mass is 10.2. The van der Waals surface area contributed by atoms with E-state index in [4.69, 9.17) is 16.7 Å². The Hall–Kier alpha value is -0.600. The van der Waals surface area contributed by atoms with Gasteiger partial charge in [-0.3, -0.25) is 4.98 Å². The number of hydrogen-bond acceptors (Lipinski definition) is 2. The first kappa shape index (κ1) is 7.51. The van der Waals surface area contributed by atoms with E-state index in [-0.39, 0.29) is 5.88 Å². The Morgan fingerprint density at radius 3 is 2.60 bits per heavy atom. The molecule has 3 heteroatoms. The third kappa shape index (κ3) is 1.69. The van der Waals surface area contributed by atoms with Crippen molar-refractivity contribution in [2.75, 3.05) is 5.88 Å². The van der Waals surface area contributed by atoms with Gasteiger partial charge in [0.05, 0.1) is 12.0 Å². The van der Waals surface area contributed by atoms with E-state index in [9.17, 15) is 0 Å². The van der Waals surface area contributed by atoms with E-state index in [0.717, 1.165) is 5.56 Å². The zero-order valence-electron chi connectivity index (χ0n) is 5.37. The molecule has 0 amide bonds. The molecule has 0 radical (unpaired) electrons. The zero-order valence-corrected chi connectivity index (χ0v) is 6.12. The monoisotopic (exact) mass is 157 g/mol. The van der Waals surface area contributed by atoms with Crippen LogP contribution in [-0.2, 0) is 0 Å². The molecule has 0 saturated heterocycles. The molecule has 0 aliphatic rings. The number of pyridine rings is 1. The second-order valence-corrected chi connectivity index (χ2v) is 2.26. The van der Waals surface area contributed by atoms with Crippen LogP contribution in [-0.4, -0.2) is 16.0 Å². The lowest BCUT2D eigenvalue weighted by Crippen LogP contribution is -1.97. The van der Waals surface area contributed by atoms with E-state index in [1.807, 2.05) is 0 Å².